The number of anilines is 1. The first-order chi connectivity index (χ1) is 8.31. The first-order valence-corrected chi connectivity index (χ1v) is 6.13. The Hall–Kier alpha value is -1.88. The summed E-state index contributed by atoms with van der Waals surface area (Å²) in [5.41, 5.74) is 2.28. The molecule has 5 heteroatoms. The van der Waals surface area contributed by atoms with Crippen LogP contribution < -0.4 is 5.32 Å². The Bertz CT molecular complexity index is 630. The van der Waals surface area contributed by atoms with E-state index in [-0.39, 0.29) is 0 Å². The molecule has 0 aliphatic carbocycles. The van der Waals surface area contributed by atoms with Crippen molar-refractivity contribution in [3.63, 3.8) is 0 Å². The van der Waals surface area contributed by atoms with E-state index in [1.807, 2.05) is 12.1 Å². The van der Waals surface area contributed by atoms with Gasteiger partial charge < -0.3 is 9.84 Å². The highest BCUT2D eigenvalue weighted by Gasteiger charge is 2.04. The van der Waals surface area contributed by atoms with Crippen LogP contribution in [0.3, 0.4) is 0 Å². The molecule has 86 valence electrons. The van der Waals surface area contributed by atoms with Crippen molar-refractivity contribution in [1.29, 1.82) is 0 Å². The van der Waals surface area contributed by atoms with E-state index in [2.05, 4.69) is 34.5 Å². The first kappa shape index (κ1) is 10.3. The Morgan fingerprint density at radius 1 is 1.35 bits per heavy atom. The Morgan fingerprint density at radius 3 is 3.12 bits per heavy atom. The number of aromatic nitrogens is 2. The second-order valence-electron chi connectivity index (χ2n) is 3.82. The number of hydrogen-bond donors (Lipinski definition) is 1. The average Bonchev–Trinajstić information content (AvgIpc) is 2.94. The van der Waals surface area contributed by atoms with E-state index in [9.17, 15) is 0 Å². The summed E-state index contributed by atoms with van der Waals surface area (Å²) in [5, 5.41) is 7.79. The van der Waals surface area contributed by atoms with Crippen LogP contribution in [0.1, 0.15) is 11.3 Å². The fourth-order valence-corrected chi connectivity index (χ4v) is 2.56. The molecule has 0 saturated heterocycles. The van der Waals surface area contributed by atoms with Crippen molar-refractivity contribution in [3.8, 4) is 0 Å². The molecule has 0 saturated carbocycles. The van der Waals surface area contributed by atoms with E-state index >= 15 is 0 Å². The monoisotopic (exact) mass is 245 g/mol. The standard InChI is InChI=1S/C12H11N3OS/c1-8-2-3-10-11(6-8)17-12(15-10)13-7-9-4-5-14-16-9/h2-6H,7H2,1H3,(H,13,15). The van der Waals surface area contributed by atoms with Crippen LogP contribution in [0.25, 0.3) is 10.2 Å². The van der Waals surface area contributed by atoms with E-state index in [0.717, 1.165) is 16.4 Å². The molecule has 0 atom stereocenters. The number of benzene rings is 1. The van der Waals surface area contributed by atoms with Crippen LogP contribution in [0.15, 0.2) is 35.0 Å². The minimum atomic E-state index is 0.610. The van der Waals surface area contributed by atoms with Gasteiger partial charge in [0.2, 0.25) is 0 Å². The number of thiazole rings is 1. The maximum absolute atomic E-state index is 5.01. The zero-order valence-electron chi connectivity index (χ0n) is 9.30. The molecular weight excluding hydrogens is 234 g/mol. The van der Waals surface area contributed by atoms with Gasteiger partial charge in [-0.3, -0.25) is 0 Å². The first-order valence-electron chi connectivity index (χ1n) is 5.32. The van der Waals surface area contributed by atoms with Crippen molar-refractivity contribution in [2.75, 3.05) is 5.32 Å². The smallest absolute Gasteiger partial charge is 0.184 e. The highest BCUT2D eigenvalue weighted by Crippen LogP contribution is 2.26. The van der Waals surface area contributed by atoms with Gasteiger partial charge in [0, 0.05) is 6.07 Å². The number of rotatable bonds is 3. The molecule has 2 aromatic heterocycles. The van der Waals surface area contributed by atoms with Crippen LogP contribution in [0.5, 0.6) is 0 Å². The third kappa shape index (κ3) is 2.14. The van der Waals surface area contributed by atoms with Crippen molar-refractivity contribution in [2.45, 2.75) is 13.5 Å². The van der Waals surface area contributed by atoms with E-state index in [4.69, 9.17) is 4.52 Å². The molecule has 17 heavy (non-hydrogen) atoms. The lowest BCUT2D eigenvalue weighted by Crippen LogP contribution is -1.96. The molecule has 0 aliphatic heterocycles. The predicted molar refractivity (Wildman–Crippen MR) is 68.2 cm³/mol. The largest absolute Gasteiger partial charge is 0.360 e. The Labute approximate surface area is 102 Å². The Morgan fingerprint density at radius 2 is 2.29 bits per heavy atom. The fraction of sp³-hybridized carbons (Fsp3) is 0.167. The number of nitrogens with one attached hydrogen (secondary N) is 1. The van der Waals surface area contributed by atoms with E-state index in [1.165, 1.54) is 10.3 Å². The highest BCUT2D eigenvalue weighted by molar-refractivity contribution is 7.22. The van der Waals surface area contributed by atoms with Crippen molar-refractivity contribution in [3.05, 3.63) is 41.8 Å². The molecule has 3 aromatic rings. The summed E-state index contributed by atoms with van der Waals surface area (Å²) in [6, 6.07) is 8.10. The lowest BCUT2D eigenvalue weighted by molar-refractivity contribution is 0.388. The number of fused-ring (bicyclic) bond motifs is 1. The third-order valence-electron chi connectivity index (χ3n) is 2.45. The van der Waals surface area contributed by atoms with Crippen molar-refractivity contribution < 1.29 is 4.52 Å². The lowest BCUT2D eigenvalue weighted by atomic mass is 10.2. The molecule has 2 heterocycles. The topological polar surface area (TPSA) is 51.0 Å². The summed E-state index contributed by atoms with van der Waals surface area (Å²) in [4.78, 5) is 4.50. The molecule has 0 fully saturated rings. The SMILES string of the molecule is Cc1ccc2nc(NCc3ccno3)sc2c1. The summed E-state index contributed by atoms with van der Waals surface area (Å²) >= 11 is 1.65. The summed E-state index contributed by atoms with van der Waals surface area (Å²) < 4.78 is 6.21. The molecule has 0 radical (unpaired) electrons. The molecule has 0 spiro atoms. The maximum Gasteiger partial charge on any atom is 0.184 e. The summed E-state index contributed by atoms with van der Waals surface area (Å²) in [5.74, 6) is 0.806. The van der Waals surface area contributed by atoms with Gasteiger partial charge in [-0.25, -0.2) is 4.98 Å². The minimum Gasteiger partial charge on any atom is -0.360 e. The molecule has 0 unspecified atom stereocenters. The molecule has 0 aliphatic rings. The van der Waals surface area contributed by atoms with Crippen molar-refractivity contribution >= 4 is 26.7 Å². The fourth-order valence-electron chi connectivity index (χ4n) is 1.60. The van der Waals surface area contributed by atoms with E-state index in [0.29, 0.717) is 6.54 Å². The van der Waals surface area contributed by atoms with Crippen molar-refractivity contribution in [2.24, 2.45) is 0 Å². The zero-order valence-corrected chi connectivity index (χ0v) is 10.1. The molecular formula is C12H11N3OS. The van der Waals surface area contributed by atoms with Gasteiger partial charge >= 0.3 is 0 Å². The van der Waals surface area contributed by atoms with Gasteiger partial charge in [0.25, 0.3) is 0 Å². The van der Waals surface area contributed by atoms with Crippen LogP contribution in [0, 0.1) is 6.92 Å². The summed E-state index contributed by atoms with van der Waals surface area (Å²) in [7, 11) is 0. The molecule has 1 N–H and O–H groups in total. The predicted octanol–water partition coefficient (Wildman–Crippen LogP) is 3.20. The van der Waals surface area contributed by atoms with E-state index in [1.54, 1.807) is 17.5 Å². The molecule has 0 amide bonds. The number of aryl methyl sites for hydroxylation is 1. The number of hydrogen-bond acceptors (Lipinski definition) is 5. The molecule has 3 rings (SSSR count). The second-order valence-corrected chi connectivity index (χ2v) is 4.85. The van der Waals surface area contributed by atoms with Crippen LogP contribution in [-0.2, 0) is 6.54 Å². The maximum atomic E-state index is 5.01. The van der Waals surface area contributed by atoms with Crippen LogP contribution in [0.2, 0.25) is 0 Å². The average molecular weight is 245 g/mol. The molecule has 1 aromatic carbocycles. The summed E-state index contributed by atoms with van der Waals surface area (Å²) in [6.45, 7) is 2.69. The molecule has 4 nitrogen and oxygen atoms in total. The van der Waals surface area contributed by atoms with Gasteiger partial charge in [0.15, 0.2) is 10.9 Å². The zero-order chi connectivity index (χ0) is 11.7. The number of nitrogens with zero attached hydrogens (tertiary/aromatic N) is 2. The summed E-state index contributed by atoms with van der Waals surface area (Å²) in [6.07, 6.45) is 1.64. The minimum absolute atomic E-state index is 0.610. The lowest BCUT2D eigenvalue weighted by Gasteiger charge is -1.96. The Kier molecular flexibility index (Phi) is 2.53. The van der Waals surface area contributed by atoms with Crippen LogP contribution in [-0.4, -0.2) is 10.1 Å². The van der Waals surface area contributed by atoms with Gasteiger partial charge in [0.05, 0.1) is 23.0 Å². The van der Waals surface area contributed by atoms with Crippen LogP contribution >= 0.6 is 11.3 Å². The van der Waals surface area contributed by atoms with Gasteiger partial charge in [-0.1, -0.05) is 22.6 Å². The highest BCUT2D eigenvalue weighted by atomic mass is 32.1. The van der Waals surface area contributed by atoms with Crippen LogP contribution in [0.4, 0.5) is 5.13 Å². The second kappa shape index (κ2) is 4.18. The van der Waals surface area contributed by atoms with Crippen molar-refractivity contribution in [1.82, 2.24) is 10.1 Å². The quantitative estimate of drug-likeness (QED) is 0.769. The van der Waals surface area contributed by atoms with Gasteiger partial charge in [-0.15, -0.1) is 0 Å². The van der Waals surface area contributed by atoms with Gasteiger partial charge in [-0.05, 0) is 24.6 Å². The van der Waals surface area contributed by atoms with Gasteiger partial charge in [0.1, 0.15) is 0 Å². The normalized spacial score (nSPS) is 10.9. The third-order valence-corrected chi connectivity index (χ3v) is 3.42. The Balaban J connectivity index is 1.81. The molecule has 0 bridgehead atoms. The van der Waals surface area contributed by atoms with E-state index < -0.39 is 0 Å². The van der Waals surface area contributed by atoms with Gasteiger partial charge in [-0.2, -0.15) is 0 Å².